The predicted octanol–water partition coefficient (Wildman–Crippen LogP) is 2.29. The van der Waals surface area contributed by atoms with E-state index in [-0.39, 0.29) is 23.3 Å². The van der Waals surface area contributed by atoms with Gasteiger partial charge in [0.1, 0.15) is 12.2 Å². The number of carbonyl (C=O) groups is 1. The number of nitrogens with one attached hydrogen (secondary N) is 2. The van der Waals surface area contributed by atoms with Gasteiger partial charge in [0, 0.05) is 16.7 Å². The number of hydrogen-bond donors (Lipinski definition) is 2. The van der Waals surface area contributed by atoms with Gasteiger partial charge in [0.25, 0.3) is 11.6 Å². The maximum atomic E-state index is 12.4. The van der Waals surface area contributed by atoms with E-state index >= 15 is 0 Å². The van der Waals surface area contributed by atoms with Crippen LogP contribution in [0.5, 0.6) is 0 Å². The summed E-state index contributed by atoms with van der Waals surface area (Å²) in [6, 6.07) is 13.2. The fourth-order valence-corrected chi connectivity index (χ4v) is 2.41. The first-order chi connectivity index (χ1) is 11.4. The molecule has 24 heavy (non-hydrogen) atoms. The Morgan fingerprint density at radius 3 is 2.50 bits per heavy atom. The lowest BCUT2D eigenvalue weighted by Gasteiger charge is -2.21. The fraction of sp³-hybridized carbons (Fsp3) is 0.235. The first-order valence-corrected chi connectivity index (χ1v) is 7.87. The number of carbonyl (C=O) groups excluding carboxylic acids is 1. The second-order valence-corrected chi connectivity index (χ2v) is 6.07. The third-order valence-corrected chi connectivity index (χ3v) is 4.14. The largest absolute Gasteiger partial charge is 0.324 e. The van der Waals surface area contributed by atoms with Crippen molar-refractivity contribution in [3.05, 3.63) is 69.2 Å². The number of para-hydroxylation sites is 2. The molecule has 0 fully saturated rings. The number of nitro benzene ring substituents is 1. The van der Waals surface area contributed by atoms with Crippen molar-refractivity contribution in [3.8, 4) is 0 Å². The van der Waals surface area contributed by atoms with E-state index in [0.29, 0.717) is 11.6 Å². The number of nitro groups is 1. The molecule has 126 valence electrons. The minimum Gasteiger partial charge on any atom is -0.324 e. The Morgan fingerprint density at radius 2 is 1.88 bits per heavy atom. The Hall–Kier alpha value is -2.44. The lowest BCUT2D eigenvalue weighted by molar-refractivity contribution is -0.907. The molecule has 6 nitrogen and oxygen atoms in total. The number of halogens is 1. The van der Waals surface area contributed by atoms with Crippen LogP contribution in [0.2, 0.25) is 5.02 Å². The molecular weight excluding hydrogens is 330 g/mol. The molecule has 0 saturated carbocycles. The molecule has 2 aromatic rings. The van der Waals surface area contributed by atoms with E-state index in [0.717, 1.165) is 10.5 Å². The van der Waals surface area contributed by atoms with Crippen molar-refractivity contribution in [2.24, 2.45) is 0 Å². The smallest absolute Gasteiger partial charge is 0.292 e. The van der Waals surface area contributed by atoms with E-state index < -0.39 is 4.92 Å². The fourth-order valence-electron chi connectivity index (χ4n) is 2.28. The van der Waals surface area contributed by atoms with Gasteiger partial charge < -0.3 is 10.2 Å². The standard InChI is InChI=1S/C17H18ClN3O3/c1-12(20(2)11-13-7-9-14(18)10-8-13)17(22)19-15-5-3-4-6-16(15)21(23)24/h3-10,12H,11H2,1-2H3,(H,19,22)/p+1/t12-/m1/s1. The maximum Gasteiger partial charge on any atom is 0.292 e. The van der Waals surface area contributed by atoms with Gasteiger partial charge in [-0.1, -0.05) is 35.9 Å². The van der Waals surface area contributed by atoms with Gasteiger partial charge in [0.2, 0.25) is 0 Å². The molecule has 0 heterocycles. The Bertz CT molecular complexity index is 734. The van der Waals surface area contributed by atoms with Gasteiger partial charge in [-0.3, -0.25) is 14.9 Å². The van der Waals surface area contributed by atoms with Crippen LogP contribution >= 0.6 is 11.6 Å². The van der Waals surface area contributed by atoms with Crippen molar-refractivity contribution in [2.45, 2.75) is 19.5 Å². The van der Waals surface area contributed by atoms with Crippen molar-refractivity contribution in [3.63, 3.8) is 0 Å². The zero-order valence-electron chi connectivity index (χ0n) is 13.5. The van der Waals surface area contributed by atoms with Crippen LogP contribution in [0.15, 0.2) is 48.5 Å². The monoisotopic (exact) mass is 348 g/mol. The van der Waals surface area contributed by atoms with Crippen molar-refractivity contribution in [1.82, 2.24) is 0 Å². The lowest BCUT2D eigenvalue weighted by Crippen LogP contribution is -3.12. The number of benzene rings is 2. The lowest BCUT2D eigenvalue weighted by atomic mass is 10.2. The summed E-state index contributed by atoms with van der Waals surface area (Å²) in [5.41, 5.74) is 1.15. The van der Waals surface area contributed by atoms with Gasteiger partial charge in [-0.25, -0.2) is 0 Å². The molecule has 7 heteroatoms. The molecule has 0 aliphatic rings. The Balaban J connectivity index is 2.04. The summed E-state index contributed by atoms with van der Waals surface area (Å²) in [5.74, 6) is -0.268. The molecule has 0 bridgehead atoms. The average molecular weight is 349 g/mol. The van der Waals surface area contributed by atoms with Crippen molar-refractivity contribution in [1.29, 1.82) is 0 Å². The molecule has 0 aliphatic carbocycles. The van der Waals surface area contributed by atoms with Crippen LogP contribution in [-0.4, -0.2) is 23.9 Å². The summed E-state index contributed by atoms with van der Waals surface area (Å²) in [6.45, 7) is 2.43. The highest BCUT2D eigenvalue weighted by Gasteiger charge is 2.24. The van der Waals surface area contributed by atoms with Crippen LogP contribution in [-0.2, 0) is 11.3 Å². The number of likely N-dealkylation sites (N-methyl/N-ethyl adjacent to an activating group) is 1. The molecule has 0 aromatic heterocycles. The Morgan fingerprint density at radius 1 is 1.25 bits per heavy atom. The third kappa shape index (κ3) is 4.53. The van der Waals surface area contributed by atoms with Crippen LogP contribution < -0.4 is 10.2 Å². The van der Waals surface area contributed by atoms with E-state index in [1.54, 1.807) is 19.1 Å². The highest BCUT2D eigenvalue weighted by Crippen LogP contribution is 2.23. The van der Waals surface area contributed by atoms with Gasteiger partial charge in [-0.2, -0.15) is 0 Å². The molecule has 1 unspecified atom stereocenters. The predicted molar refractivity (Wildman–Crippen MR) is 93.2 cm³/mol. The highest BCUT2D eigenvalue weighted by molar-refractivity contribution is 6.30. The summed E-state index contributed by atoms with van der Waals surface area (Å²) in [5, 5.41) is 14.3. The van der Waals surface area contributed by atoms with Crippen LogP contribution in [0.3, 0.4) is 0 Å². The quantitative estimate of drug-likeness (QED) is 0.621. The van der Waals surface area contributed by atoms with Crippen molar-refractivity contribution >= 4 is 28.9 Å². The Kier molecular flexibility index (Phi) is 5.89. The second kappa shape index (κ2) is 7.90. The minimum absolute atomic E-state index is 0.117. The van der Waals surface area contributed by atoms with E-state index in [1.807, 2.05) is 31.3 Å². The number of amides is 1. The van der Waals surface area contributed by atoms with Crippen molar-refractivity contribution < 1.29 is 14.6 Å². The molecule has 0 radical (unpaired) electrons. The van der Waals surface area contributed by atoms with Crippen LogP contribution in [0.4, 0.5) is 11.4 Å². The van der Waals surface area contributed by atoms with E-state index in [9.17, 15) is 14.9 Å². The first-order valence-electron chi connectivity index (χ1n) is 7.49. The molecule has 0 spiro atoms. The SMILES string of the molecule is C[C@H](C(=O)Nc1ccccc1[N+](=O)[O-])[NH+](C)Cc1ccc(Cl)cc1. The molecular formula is C17H19ClN3O3+. The number of quaternary nitrogens is 1. The summed E-state index contributed by atoms with van der Waals surface area (Å²) in [6.07, 6.45) is 0. The Labute approximate surface area is 145 Å². The van der Waals surface area contributed by atoms with E-state index in [1.165, 1.54) is 12.1 Å². The van der Waals surface area contributed by atoms with E-state index in [2.05, 4.69) is 5.32 Å². The summed E-state index contributed by atoms with van der Waals surface area (Å²) in [4.78, 5) is 23.9. The number of hydrogen-bond acceptors (Lipinski definition) is 3. The second-order valence-electron chi connectivity index (χ2n) is 5.63. The van der Waals surface area contributed by atoms with Gasteiger partial charge in [-0.05, 0) is 25.1 Å². The summed E-state index contributed by atoms with van der Waals surface area (Å²) < 4.78 is 0. The summed E-state index contributed by atoms with van der Waals surface area (Å²) in [7, 11) is 1.90. The average Bonchev–Trinajstić information content (AvgIpc) is 2.56. The number of rotatable bonds is 6. The zero-order valence-corrected chi connectivity index (χ0v) is 14.2. The molecule has 2 N–H and O–H groups in total. The van der Waals surface area contributed by atoms with Crippen LogP contribution in [0, 0.1) is 10.1 Å². The van der Waals surface area contributed by atoms with Gasteiger partial charge in [0.15, 0.2) is 6.04 Å². The number of nitrogens with zero attached hydrogens (tertiary/aromatic N) is 1. The van der Waals surface area contributed by atoms with Gasteiger partial charge in [-0.15, -0.1) is 0 Å². The first kappa shape index (κ1) is 17.9. The molecule has 2 aromatic carbocycles. The molecule has 2 atom stereocenters. The maximum absolute atomic E-state index is 12.4. The molecule has 0 saturated heterocycles. The van der Waals surface area contributed by atoms with Crippen LogP contribution in [0.1, 0.15) is 12.5 Å². The third-order valence-electron chi connectivity index (χ3n) is 3.89. The van der Waals surface area contributed by atoms with Gasteiger partial charge in [0.05, 0.1) is 12.0 Å². The van der Waals surface area contributed by atoms with E-state index in [4.69, 9.17) is 11.6 Å². The molecule has 0 aliphatic heterocycles. The van der Waals surface area contributed by atoms with Crippen molar-refractivity contribution in [2.75, 3.05) is 12.4 Å². The number of anilines is 1. The normalized spacial score (nSPS) is 13.1. The molecule has 2 rings (SSSR count). The zero-order chi connectivity index (χ0) is 17.7. The van der Waals surface area contributed by atoms with Gasteiger partial charge >= 0.3 is 0 Å². The summed E-state index contributed by atoms with van der Waals surface area (Å²) >= 11 is 5.87. The molecule has 1 amide bonds. The minimum atomic E-state index is -0.509. The topological polar surface area (TPSA) is 76.7 Å². The van der Waals surface area contributed by atoms with Crippen LogP contribution in [0.25, 0.3) is 0 Å². The highest BCUT2D eigenvalue weighted by atomic mass is 35.5.